The zero-order valence-corrected chi connectivity index (χ0v) is 12.8. The monoisotopic (exact) mass is 369 g/mol. The second-order valence-corrected chi connectivity index (χ2v) is 5.38. The Morgan fingerprint density at radius 2 is 1.86 bits per heavy atom. The first-order chi connectivity index (χ1) is 9.88. The lowest BCUT2D eigenvalue weighted by Crippen LogP contribution is -2.12. The Morgan fingerprint density at radius 1 is 1.14 bits per heavy atom. The van der Waals surface area contributed by atoms with E-state index in [1.165, 1.54) is 24.3 Å². The van der Waals surface area contributed by atoms with E-state index in [2.05, 4.69) is 21.2 Å². The molecule has 0 heterocycles. The van der Waals surface area contributed by atoms with Crippen LogP contribution in [0.25, 0.3) is 0 Å². The number of phenols is 1. The second kappa shape index (κ2) is 6.15. The SMILES string of the molecule is O=C(Nc1ccc(O)c(C(=O)O)c1)c1ccc(Br)c(Cl)c1. The topological polar surface area (TPSA) is 86.6 Å². The third-order valence-electron chi connectivity index (χ3n) is 2.67. The van der Waals surface area contributed by atoms with Crippen LogP contribution in [-0.4, -0.2) is 22.1 Å². The Morgan fingerprint density at radius 3 is 2.48 bits per heavy atom. The second-order valence-electron chi connectivity index (χ2n) is 4.12. The molecular formula is C14H9BrClNO4. The van der Waals surface area contributed by atoms with Crippen molar-refractivity contribution in [2.75, 3.05) is 5.32 Å². The first kappa shape index (κ1) is 15.3. The van der Waals surface area contributed by atoms with Gasteiger partial charge in [0.1, 0.15) is 11.3 Å². The number of amides is 1. The van der Waals surface area contributed by atoms with E-state index < -0.39 is 11.9 Å². The van der Waals surface area contributed by atoms with E-state index in [9.17, 15) is 14.7 Å². The highest BCUT2D eigenvalue weighted by Crippen LogP contribution is 2.25. The molecule has 0 bridgehead atoms. The molecule has 108 valence electrons. The van der Waals surface area contributed by atoms with Crippen molar-refractivity contribution in [3.05, 3.63) is 57.0 Å². The molecule has 0 fully saturated rings. The smallest absolute Gasteiger partial charge is 0.339 e. The highest BCUT2D eigenvalue weighted by Gasteiger charge is 2.13. The molecule has 7 heteroatoms. The number of hydrogen-bond acceptors (Lipinski definition) is 3. The largest absolute Gasteiger partial charge is 0.507 e. The van der Waals surface area contributed by atoms with Gasteiger partial charge in [0.25, 0.3) is 5.91 Å². The number of carboxylic acids is 1. The first-order valence-corrected chi connectivity index (χ1v) is 6.88. The molecule has 0 unspecified atom stereocenters. The fourth-order valence-electron chi connectivity index (χ4n) is 1.63. The Kier molecular flexibility index (Phi) is 4.50. The summed E-state index contributed by atoms with van der Waals surface area (Å²) in [6.45, 7) is 0. The molecule has 1 amide bonds. The van der Waals surface area contributed by atoms with E-state index in [1.54, 1.807) is 12.1 Å². The zero-order chi connectivity index (χ0) is 15.6. The maximum absolute atomic E-state index is 12.0. The standard InChI is InChI=1S/C14H9BrClNO4/c15-10-3-1-7(5-11(10)16)13(19)17-8-2-4-12(18)9(6-8)14(20)21/h1-6,18H,(H,17,19)(H,20,21). The lowest BCUT2D eigenvalue weighted by Gasteiger charge is -2.08. The predicted molar refractivity (Wildman–Crippen MR) is 82.2 cm³/mol. The summed E-state index contributed by atoms with van der Waals surface area (Å²) in [5.74, 6) is -2.09. The van der Waals surface area contributed by atoms with Crippen LogP contribution in [0.5, 0.6) is 5.75 Å². The fourth-order valence-corrected chi connectivity index (χ4v) is 2.05. The van der Waals surface area contributed by atoms with Gasteiger partial charge in [-0.15, -0.1) is 0 Å². The van der Waals surface area contributed by atoms with Gasteiger partial charge in [-0.3, -0.25) is 4.79 Å². The van der Waals surface area contributed by atoms with E-state index in [1.807, 2.05) is 0 Å². The number of rotatable bonds is 3. The quantitative estimate of drug-likeness (QED) is 0.718. The summed E-state index contributed by atoms with van der Waals surface area (Å²) in [5, 5.41) is 21.2. The predicted octanol–water partition coefficient (Wildman–Crippen LogP) is 3.76. The van der Waals surface area contributed by atoms with Gasteiger partial charge in [-0.2, -0.15) is 0 Å². The van der Waals surface area contributed by atoms with E-state index in [-0.39, 0.29) is 17.0 Å². The van der Waals surface area contributed by atoms with Crippen LogP contribution in [0.15, 0.2) is 40.9 Å². The summed E-state index contributed by atoms with van der Waals surface area (Å²) in [4.78, 5) is 23.0. The molecule has 2 aromatic carbocycles. The van der Waals surface area contributed by atoms with Crippen LogP contribution in [0, 0.1) is 0 Å². The van der Waals surface area contributed by atoms with Gasteiger partial charge >= 0.3 is 5.97 Å². The number of carboxylic acid groups (broad SMARTS) is 1. The number of aromatic hydroxyl groups is 1. The molecule has 3 N–H and O–H groups in total. The van der Waals surface area contributed by atoms with Crippen molar-refractivity contribution in [1.82, 2.24) is 0 Å². The molecule has 0 spiro atoms. The van der Waals surface area contributed by atoms with Crippen LogP contribution in [0.4, 0.5) is 5.69 Å². The molecule has 2 rings (SSSR count). The van der Waals surface area contributed by atoms with Gasteiger partial charge in [-0.25, -0.2) is 4.79 Å². The minimum Gasteiger partial charge on any atom is -0.507 e. The van der Waals surface area contributed by atoms with Crippen molar-refractivity contribution in [1.29, 1.82) is 0 Å². The van der Waals surface area contributed by atoms with Gasteiger partial charge in [-0.05, 0) is 52.3 Å². The van der Waals surface area contributed by atoms with Crippen molar-refractivity contribution in [2.45, 2.75) is 0 Å². The van der Waals surface area contributed by atoms with Crippen LogP contribution in [-0.2, 0) is 0 Å². The molecule has 0 aliphatic rings. The highest BCUT2D eigenvalue weighted by atomic mass is 79.9. The van der Waals surface area contributed by atoms with Gasteiger partial charge < -0.3 is 15.5 Å². The summed E-state index contributed by atoms with van der Waals surface area (Å²) < 4.78 is 0.665. The lowest BCUT2D eigenvalue weighted by atomic mass is 10.1. The normalized spacial score (nSPS) is 10.2. The molecular weight excluding hydrogens is 362 g/mol. The summed E-state index contributed by atoms with van der Waals surface area (Å²) in [6.07, 6.45) is 0. The lowest BCUT2D eigenvalue weighted by molar-refractivity contribution is 0.0693. The molecule has 0 aliphatic heterocycles. The molecule has 2 aromatic rings. The molecule has 21 heavy (non-hydrogen) atoms. The number of halogens is 2. The van der Waals surface area contributed by atoms with Crippen molar-refractivity contribution >= 4 is 45.1 Å². The summed E-state index contributed by atoms with van der Waals surface area (Å²) >= 11 is 9.13. The van der Waals surface area contributed by atoms with Gasteiger partial charge in [0.2, 0.25) is 0 Å². The van der Waals surface area contributed by atoms with Crippen LogP contribution in [0.1, 0.15) is 20.7 Å². The number of carbonyl (C=O) groups excluding carboxylic acids is 1. The molecule has 0 aromatic heterocycles. The molecule has 0 radical (unpaired) electrons. The number of nitrogens with one attached hydrogen (secondary N) is 1. The maximum Gasteiger partial charge on any atom is 0.339 e. The number of benzene rings is 2. The number of carbonyl (C=O) groups is 2. The third kappa shape index (κ3) is 3.53. The Hall–Kier alpha value is -2.05. The van der Waals surface area contributed by atoms with Crippen LogP contribution in [0.2, 0.25) is 5.02 Å². The van der Waals surface area contributed by atoms with Crippen molar-refractivity contribution in [2.24, 2.45) is 0 Å². The minimum atomic E-state index is -1.28. The average Bonchev–Trinajstić information content (AvgIpc) is 2.43. The van der Waals surface area contributed by atoms with Gasteiger partial charge in [0, 0.05) is 15.7 Å². The van der Waals surface area contributed by atoms with Gasteiger partial charge in [-0.1, -0.05) is 11.6 Å². The third-order valence-corrected chi connectivity index (χ3v) is 3.90. The fraction of sp³-hybridized carbons (Fsp3) is 0. The van der Waals surface area contributed by atoms with Crippen LogP contribution < -0.4 is 5.32 Å². The average molecular weight is 371 g/mol. The number of aromatic carboxylic acids is 1. The van der Waals surface area contributed by atoms with E-state index in [0.29, 0.717) is 15.1 Å². The molecule has 0 atom stereocenters. The molecule has 5 nitrogen and oxygen atoms in total. The summed E-state index contributed by atoms with van der Waals surface area (Å²) in [7, 11) is 0. The van der Waals surface area contributed by atoms with Crippen molar-refractivity contribution < 1.29 is 19.8 Å². The van der Waals surface area contributed by atoms with Crippen molar-refractivity contribution in [3.63, 3.8) is 0 Å². The van der Waals surface area contributed by atoms with E-state index in [0.717, 1.165) is 0 Å². The summed E-state index contributed by atoms with van der Waals surface area (Å²) in [6, 6.07) is 8.48. The first-order valence-electron chi connectivity index (χ1n) is 5.71. The van der Waals surface area contributed by atoms with Crippen molar-refractivity contribution in [3.8, 4) is 5.75 Å². The minimum absolute atomic E-state index is 0.259. The highest BCUT2D eigenvalue weighted by molar-refractivity contribution is 9.10. The Labute approximate surface area is 133 Å². The Balaban J connectivity index is 2.25. The zero-order valence-electron chi connectivity index (χ0n) is 10.4. The number of anilines is 1. The number of hydrogen-bond donors (Lipinski definition) is 3. The van der Waals surface area contributed by atoms with Crippen LogP contribution >= 0.6 is 27.5 Å². The van der Waals surface area contributed by atoms with Crippen LogP contribution in [0.3, 0.4) is 0 Å². The Bertz CT molecular complexity index is 733. The maximum atomic E-state index is 12.0. The van der Waals surface area contributed by atoms with Gasteiger partial charge in [0.05, 0.1) is 5.02 Å². The van der Waals surface area contributed by atoms with E-state index >= 15 is 0 Å². The van der Waals surface area contributed by atoms with Gasteiger partial charge in [0.15, 0.2) is 0 Å². The molecule has 0 saturated heterocycles. The van der Waals surface area contributed by atoms with E-state index in [4.69, 9.17) is 16.7 Å². The molecule has 0 aliphatic carbocycles. The molecule has 0 saturated carbocycles. The summed E-state index contributed by atoms with van der Waals surface area (Å²) in [5.41, 5.74) is 0.295.